The molecule has 0 radical (unpaired) electrons. The second-order valence-electron chi connectivity index (χ2n) is 11.8. The summed E-state index contributed by atoms with van der Waals surface area (Å²) >= 11 is 0. The number of fused-ring (bicyclic) bond motifs is 2. The van der Waals surface area contributed by atoms with Crippen molar-refractivity contribution in [2.75, 3.05) is 45.3 Å². The number of likely N-dealkylation sites (tertiary alicyclic amines) is 1. The molecule has 0 bridgehead atoms. The monoisotopic (exact) mass is 555 g/mol. The van der Waals surface area contributed by atoms with Crippen molar-refractivity contribution >= 4 is 11.8 Å². The van der Waals surface area contributed by atoms with E-state index in [4.69, 9.17) is 19.2 Å². The first-order valence-electron chi connectivity index (χ1n) is 14.6. The third-order valence-corrected chi connectivity index (χ3v) is 8.81. The van der Waals surface area contributed by atoms with E-state index < -0.39 is 23.4 Å². The molecule has 3 atom stereocenters. The van der Waals surface area contributed by atoms with Crippen molar-refractivity contribution < 1.29 is 28.5 Å². The third-order valence-electron chi connectivity index (χ3n) is 8.81. The Morgan fingerprint density at radius 2 is 2.17 bits per heavy atom. The first-order valence-corrected chi connectivity index (χ1v) is 14.6. The predicted molar refractivity (Wildman–Crippen MR) is 150 cm³/mol. The fraction of sp³-hybridized carbons (Fsp3) is 0.613. The van der Waals surface area contributed by atoms with Gasteiger partial charge < -0.3 is 24.6 Å². The maximum absolute atomic E-state index is 14.6. The minimum Gasteiger partial charge on any atom is -0.493 e. The highest BCUT2D eigenvalue weighted by Crippen LogP contribution is 2.40. The molecule has 1 saturated heterocycles. The smallest absolute Gasteiger partial charge is 0.325 e. The van der Waals surface area contributed by atoms with Crippen LogP contribution in [0.3, 0.4) is 0 Å². The summed E-state index contributed by atoms with van der Waals surface area (Å²) in [6, 6.07) is 6.07. The summed E-state index contributed by atoms with van der Waals surface area (Å²) in [4.78, 5) is 19.2. The molecule has 40 heavy (non-hydrogen) atoms. The summed E-state index contributed by atoms with van der Waals surface area (Å²) in [5.74, 6) is 0.00373. The lowest BCUT2D eigenvalue weighted by molar-refractivity contribution is -0.143. The number of pyridine rings is 1. The zero-order valence-electron chi connectivity index (χ0n) is 23.9. The van der Waals surface area contributed by atoms with Crippen LogP contribution in [0, 0.1) is 11.7 Å². The van der Waals surface area contributed by atoms with Gasteiger partial charge in [-0.05, 0) is 82.1 Å². The molecule has 1 aromatic heterocycles. The number of nitrogens with one attached hydrogen (secondary N) is 1. The highest BCUT2D eigenvalue weighted by Gasteiger charge is 2.40. The number of carboxylic acids is 1. The topological polar surface area (TPSA) is 93.2 Å². The molecule has 2 aromatic rings. The van der Waals surface area contributed by atoms with Gasteiger partial charge in [-0.25, -0.2) is 9.37 Å². The minimum atomic E-state index is -0.992. The number of nitrogens with zero attached hydrogens (tertiary/aromatic N) is 2. The van der Waals surface area contributed by atoms with Crippen LogP contribution in [-0.4, -0.2) is 72.6 Å². The molecular formula is C31H42FN3O5. The van der Waals surface area contributed by atoms with Crippen molar-refractivity contribution in [3.63, 3.8) is 0 Å². The number of rotatable bonds is 11. The molecule has 0 aliphatic carbocycles. The molecule has 218 valence electrons. The van der Waals surface area contributed by atoms with Gasteiger partial charge in [0.25, 0.3) is 0 Å². The summed E-state index contributed by atoms with van der Waals surface area (Å²) in [6.45, 7) is 7.06. The van der Waals surface area contributed by atoms with E-state index >= 15 is 0 Å². The molecule has 8 nitrogen and oxygen atoms in total. The van der Waals surface area contributed by atoms with E-state index in [2.05, 4.69) is 17.4 Å². The summed E-state index contributed by atoms with van der Waals surface area (Å²) in [5, 5.41) is 13.7. The number of aliphatic carboxylic acids is 1. The number of halogens is 1. The SMILES string of the molecule is COC(C)(C)C1COc2cc(F)cc([C@@H](C(=O)O)N3CC[C@@H](OCCCCc4ccc5c(n4)NCCC5)C3)c2C1. The maximum atomic E-state index is 14.6. The quantitative estimate of drug-likeness (QED) is 0.382. The largest absolute Gasteiger partial charge is 0.493 e. The zero-order chi connectivity index (χ0) is 28.3. The molecule has 0 amide bonds. The first-order chi connectivity index (χ1) is 19.2. The Labute approximate surface area is 236 Å². The van der Waals surface area contributed by atoms with E-state index in [0.29, 0.717) is 44.0 Å². The fourth-order valence-electron chi connectivity index (χ4n) is 6.11. The van der Waals surface area contributed by atoms with Gasteiger partial charge in [0, 0.05) is 56.6 Å². The molecule has 3 aliphatic rings. The van der Waals surface area contributed by atoms with Gasteiger partial charge in [-0.3, -0.25) is 9.69 Å². The van der Waals surface area contributed by atoms with Crippen molar-refractivity contribution in [2.45, 2.75) is 76.5 Å². The van der Waals surface area contributed by atoms with Crippen molar-refractivity contribution in [3.8, 4) is 5.75 Å². The van der Waals surface area contributed by atoms with Gasteiger partial charge in [-0.2, -0.15) is 0 Å². The van der Waals surface area contributed by atoms with Gasteiger partial charge >= 0.3 is 5.97 Å². The number of methoxy groups -OCH3 is 1. The third kappa shape index (κ3) is 6.42. The Bertz CT molecular complexity index is 1210. The highest BCUT2D eigenvalue weighted by molar-refractivity contribution is 5.77. The van der Waals surface area contributed by atoms with Gasteiger partial charge in [-0.1, -0.05) is 6.07 Å². The Morgan fingerprint density at radius 1 is 1.32 bits per heavy atom. The van der Waals surface area contributed by atoms with Gasteiger partial charge in [0.15, 0.2) is 0 Å². The van der Waals surface area contributed by atoms with E-state index in [-0.39, 0.29) is 12.0 Å². The van der Waals surface area contributed by atoms with Crippen molar-refractivity contribution in [2.24, 2.45) is 5.92 Å². The van der Waals surface area contributed by atoms with Crippen LogP contribution >= 0.6 is 0 Å². The number of carbonyl (C=O) groups is 1. The van der Waals surface area contributed by atoms with Gasteiger partial charge in [0.2, 0.25) is 0 Å². The van der Waals surface area contributed by atoms with Gasteiger partial charge in [0.05, 0.1) is 18.3 Å². The Kier molecular flexibility index (Phi) is 8.92. The van der Waals surface area contributed by atoms with E-state index in [1.54, 1.807) is 7.11 Å². The number of benzene rings is 1. The molecule has 1 fully saturated rings. The molecule has 2 N–H and O–H groups in total. The lowest BCUT2D eigenvalue weighted by atomic mass is 9.81. The molecule has 0 saturated carbocycles. The highest BCUT2D eigenvalue weighted by atomic mass is 19.1. The molecule has 1 aromatic carbocycles. The van der Waals surface area contributed by atoms with Gasteiger partial charge in [-0.15, -0.1) is 0 Å². The van der Waals surface area contributed by atoms with Crippen LogP contribution in [0.15, 0.2) is 24.3 Å². The average Bonchev–Trinajstić information content (AvgIpc) is 3.40. The lowest BCUT2D eigenvalue weighted by Crippen LogP contribution is -2.41. The van der Waals surface area contributed by atoms with E-state index in [1.807, 2.05) is 18.7 Å². The Hall–Kier alpha value is -2.75. The number of aryl methyl sites for hydroxylation is 2. The molecule has 0 spiro atoms. The van der Waals surface area contributed by atoms with Crippen LogP contribution in [-0.2, 0) is 33.5 Å². The molecule has 5 rings (SSSR count). The van der Waals surface area contributed by atoms with Gasteiger partial charge in [0.1, 0.15) is 23.4 Å². The van der Waals surface area contributed by atoms with Crippen LogP contribution in [0.2, 0.25) is 0 Å². The summed E-state index contributed by atoms with van der Waals surface area (Å²) in [7, 11) is 1.66. The number of ether oxygens (including phenoxy) is 3. The van der Waals surface area contributed by atoms with Crippen LogP contribution < -0.4 is 10.1 Å². The minimum absolute atomic E-state index is 0.0195. The number of unbranched alkanes of at least 4 members (excludes halogenated alkanes) is 1. The van der Waals surface area contributed by atoms with E-state index in [0.717, 1.165) is 62.1 Å². The number of hydrogen-bond acceptors (Lipinski definition) is 7. The predicted octanol–water partition coefficient (Wildman–Crippen LogP) is 4.79. The normalized spacial score (nSPS) is 21.7. The number of anilines is 1. The van der Waals surface area contributed by atoms with E-state index in [9.17, 15) is 14.3 Å². The van der Waals surface area contributed by atoms with Crippen molar-refractivity contribution in [1.29, 1.82) is 0 Å². The standard InChI is InChI=1S/C31H42FN3O5/c1-31(2,38-3)21-15-25-26(16-22(32)17-27(25)40-19-21)28(30(36)37)35-13-11-24(18-35)39-14-5-4-8-23-10-9-20-7-6-12-33-29(20)34-23/h9-10,16-17,21,24,28H,4-8,11-15,18-19H2,1-3H3,(H,33,34)(H,36,37)/t21?,24-,28+/m1/s1. The zero-order valence-corrected chi connectivity index (χ0v) is 23.9. The summed E-state index contributed by atoms with van der Waals surface area (Å²) < 4.78 is 32.4. The number of carboxylic acid groups (broad SMARTS) is 1. The van der Waals surface area contributed by atoms with Crippen LogP contribution in [0.5, 0.6) is 5.75 Å². The molecule has 3 aliphatic heterocycles. The molecule has 4 heterocycles. The van der Waals surface area contributed by atoms with Crippen LogP contribution in [0.25, 0.3) is 0 Å². The molecule has 9 heteroatoms. The summed E-state index contributed by atoms with van der Waals surface area (Å²) in [6.07, 6.45) is 6.31. The Morgan fingerprint density at radius 3 is 2.98 bits per heavy atom. The second kappa shape index (κ2) is 12.4. The first kappa shape index (κ1) is 28.8. The maximum Gasteiger partial charge on any atom is 0.325 e. The number of aromatic nitrogens is 1. The second-order valence-corrected chi connectivity index (χ2v) is 11.8. The number of hydrogen-bond donors (Lipinski definition) is 2. The van der Waals surface area contributed by atoms with Crippen LogP contribution in [0.4, 0.5) is 10.2 Å². The summed E-state index contributed by atoms with van der Waals surface area (Å²) in [5.41, 5.74) is 3.16. The van der Waals surface area contributed by atoms with Crippen molar-refractivity contribution in [1.82, 2.24) is 9.88 Å². The molecule has 1 unspecified atom stereocenters. The van der Waals surface area contributed by atoms with E-state index in [1.165, 1.54) is 17.7 Å². The van der Waals surface area contributed by atoms with Crippen molar-refractivity contribution in [3.05, 3.63) is 52.5 Å². The average molecular weight is 556 g/mol. The molecular weight excluding hydrogens is 513 g/mol. The fourth-order valence-corrected chi connectivity index (χ4v) is 6.11. The lowest BCUT2D eigenvalue weighted by Gasteiger charge is -2.38. The van der Waals surface area contributed by atoms with Crippen LogP contribution in [0.1, 0.15) is 68.0 Å². The Balaban J connectivity index is 1.17.